The summed E-state index contributed by atoms with van der Waals surface area (Å²) in [4.78, 5) is 13.1. The van der Waals surface area contributed by atoms with Crippen molar-refractivity contribution in [2.75, 3.05) is 13.2 Å². The molecule has 1 saturated carbocycles. The molecule has 4 atom stereocenters. The fourth-order valence-electron chi connectivity index (χ4n) is 4.73. The van der Waals surface area contributed by atoms with Gasteiger partial charge in [0.05, 0.1) is 29.8 Å². The first-order valence-corrected chi connectivity index (χ1v) is 11.1. The van der Waals surface area contributed by atoms with Gasteiger partial charge in [0.2, 0.25) is 0 Å². The first-order chi connectivity index (χ1) is 13.8. The molecule has 0 aromatic carbocycles. The molecule has 7 nitrogen and oxygen atoms in total. The van der Waals surface area contributed by atoms with Gasteiger partial charge in [-0.3, -0.25) is 4.79 Å². The van der Waals surface area contributed by atoms with E-state index in [1.54, 1.807) is 0 Å². The second-order valence-corrected chi connectivity index (χ2v) is 9.07. The molecule has 2 aliphatic heterocycles. The van der Waals surface area contributed by atoms with Crippen molar-refractivity contribution in [2.24, 2.45) is 5.92 Å². The summed E-state index contributed by atoms with van der Waals surface area (Å²) in [5.74, 6) is 0.679. The first-order valence-electron chi connectivity index (χ1n) is 10.3. The van der Waals surface area contributed by atoms with Crippen molar-refractivity contribution < 1.29 is 14.3 Å². The Morgan fingerprint density at radius 2 is 2.07 bits per heavy atom. The number of hydrogen-bond acceptors (Lipinski definition) is 6. The molecule has 1 aliphatic carbocycles. The molecule has 2 aromatic rings. The van der Waals surface area contributed by atoms with E-state index in [2.05, 4.69) is 21.8 Å². The Bertz CT molecular complexity index is 802. The van der Waals surface area contributed by atoms with Crippen LogP contribution >= 0.6 is 11.3 Å². The summed E-state index contributed by atoms with van der Waals surface area (Å²) >= 11 is 1.44. The summed E-state index contributed by atoms with van der Waals surface area (Å²) in [7, 11) is 0. The van der Waals surface area contributed by atoms with E-state index in [9.17, 15) is 4.79 Å². The second kappa shape index (κ2) is 7.93. The number of carbonyl (C=O) groups is 1. The zero-order valence-electron chi connectivity index (χ0n) is 15.8. The monoisotopic (exact) mass is 402 g/mol. The summed E-state index contributed by atoms with van der Waals surface area (Å²) in [6, 6.07) is 3.59. The highest BCUT2D eigenvalue weighted by molar-refractivity contribution is 7.12. The Hall–Kier alpha value is -1.77. The van der Waals surface area contributed by atoms with E-state index in [-0.39, 0.29) is 30.2 Å². The SMILES string of the molecule is O=C(N[C@H]1CO[C@H]2C1OC[C@@H]2n1cc(CC2CCCCC2)nn1)c1cccs1. The average Bonchev–Trinajstić information content (AvgIpc) is 3.49. The van der Waals surface area contributed by atoms with Crippen molar-refractivity contribution in [1.29, 1.82) is 0 Å². The predicted molar refractivity (Wildman–Crippen MR) is 104 cm³/mol. The van der Waals surface area contributed by atoms with Gasteiger partial charge >= 0.3 is 0 Å². The van der Waals surface area contributed by atoms with Gasteiger partial charge in [-0.05, 0) is 23.8 Å². The summed E-state index contributed by atoms with van der Waals surface area (Å²) in [5, 5.41) is 13.7. The lowest BCUT2D eigenvalue weighted by Gasteiger charge is -2.20. The highest BCUT2D eigenvalue weighted by Gasteiger charge is 2.49. The number of nitrogens with one attached hydrogen (secondary N) is 1. The van der Waals surface area contributed by atoms with Gasteiger partial charge < -0.3 is 14.8 Å². The number of aromatic nitrogens is 3. The van der Waals surface area contributed by atoms with E-state index < -0.39 is 0 Å². The van der Waals surface area contributed by atoms with Crippen LogP contribution in [0.15, 0.2) is 23.7 Å². The van der Waals surface area contributed by atoms with Crippen LogP contribution in [0, 0.1) is 5.92 Å². The summed E-state index contributed by atoms with van der Waals surface area (Å²) < 4.78 is 13.9. The number of carbonyl (C=O) groups excluding carboxylic acids is 1. The largest absolute Gasteiger partial charge is 0.371 e. The molecule has 1 unspecified atom stereocenters. The molecule has 2 saturated heterocycles. The fraction of sp³-hybridized carbons (Fsp3) is 0.650. The maximum absolute atomic E-state index is 12.4. The standard InChI is InChI=1S/C20H26N4O3S/c25-20(17-7-4-8-28-17)21-15-11-26-19-16(12-27-18(15)19)24-10-14(22-23-24)9-13-5-2-1-3-6-13/h4,7-8,10,13,15-16,18-19H,1-3,5-6,9,11-12H2,(H,21,25)/t15-,16-,18?,19+/m0/s1. The van der Waals surface area contributed by atoms with Gasteiger partial charge in [-0.1, -0.05) is 43.4 Å². The minimum Gasteiger partial charge on any atom is -0.371 e. The van der Waals surface area contributed by atoms with Crippen LogP contribution in [-0.2, 0) is 15.9 Å². The third kappa shape index (κ3) is 3.60. The molecule has 0 radical (unpaired) electrons. The average molecular weight is 403 g/mol. The molecule has 1 N–H and O–H groups in total. The highest BCUT2D eigenvalue weighted by atomic mass is 32.1. The molecular formula is C20H26N4O3S. The van der Waals surface area contributed by atoms with Crippen molar-refractivity contribution in [1.82, 2.24) is 20.3 Å². The zero-order valence-corrected chi connectivity index (χ0v) is 16.6. The van der Waals surface area contributed by atoms with Crippen LogP contribution in [-0.4, -0.2) is 52.4 Å². The minimum atomic E-state index is -0.139. The molecule has 1 amide bonds. The van der Waals surface area contributed by atoms with E-state index in [1.807, 2.05) is 22.2 Å². The molecule has 2 aromatic heterocycles. The summed E-state index contributed by atoms with van der Waals surface area (Å²) in [5.41, 5.74) is 1.07. The van der Waals surface area contributed by atoms with Crippen LogP contribution in [0.2, 0.25) is 0 Å². The number of ether oxygens (including phenoxy) is 2. The Kier molecular flexibility index (Phi) is 5.17. The minimum absolute atomic E-state index is 0.0150. The normalized spacial score (nSPS) is 30.4. The first kappa shape index (κ1) is 18.3. The van der Waals surface area contributed by atoms with Gasteiger partial charge in [-0.2, -0.15) is 0 Å². The Labute approximate surface area is 168 Å². The number of rotatable bonds is 5. The predicted octanol–water partition coefficient (Wildman–Crippen LogP) is 2.60. The van der Waals surface area contributed by atoms with E-state index in [1.165, 1.54) is 43.4 Å². The molecule has 3 aliphatic rings. The van der Waals surface area contributed by atoms with Crippen LogP contribution in [0.1, 0.15) is 53.5 Å². The highest BCUT2D eigenvalue weighted by Crippen LogP contribution is 2.34. The quantitative estimate of drug-likeness (QED) is 0.832. The molecule has 150 valence electrons. The molecule has 8 heteroatoms. The Balaban J connectivity index is 1.21. The Morgan fingerprint density at radius 3 is 2.89 bits per heavy atom. The molecule has 4 heterocycles. The van der Waals surface area contributed by atoms with Crippen LogP contribution in [0.3, 0.4) is 0 Å². The van der Waals surface area contributed by atoms with Gasteiger partial charge in [0.15, 0.2) is 0 Å². The number of hydrogen-bond donors (Lipinski definition) is 1. The molecule has 0 bridgehead atoms. The Morgan fingerprint density at radius 1 is 1.21 bits per heavy atom. The topological polar surface area (TPSA) is 78.3 Å². The third-order valence-corrected chi connectivity index (χ3v) is 7.08. The number of amides is 1. The molecule has 3 fully saturated rings. The summed E-state index contributed by atoms with van der Waals surface area (Å²) in [6.45, 7) is 1.000. The van der Waals surface area contributed by atoms with Crippen LogP contribution in [0.4, 0.5) is 0 Å². The van der Waals surface area contributed by atoms with Crippen molar-refractivity contribution in [3.05, 3.63) is 34.3 Å². The molecule has 0 spiro atoms. The maximum atomic E-state index is 12.4. The lowest BCUT2D eigenvalue weighted by molar-refractivity contribution is 0.0614. The molecular weight excluding hydrogens is 376 g/mol. The van der Waals surface area contributed by atoms with Gasteiger partial charge in [-0.25, -0.2) is 4.68 Å². The fourth-order valence-corrected chi connectivity index (χ4v) is 5.36. The molecule has 5 rings (SSSR count). The molecule has 28 heavy (non-hydrogen) atoms. The maximum Gasteiger partial charge on any atom is 0.261 e. The number of fused-ring (bicyclic) bond motifs is 1. The van der Waals surface area contributed by atoms with Gasteiger partial charge in [0.25, 0.3) is 5.91 Å². The van der Waals surface area contributed by atoms with Crippen molar-refractivity contribution in [2.45, 2.75) is 62.8 Å². The summed E-state index contributed by atoms with van der Waals surface area (Å²) in [6.07, 6.45) is 9.49. The number of thiophene rings is 1. The third-order valence-electron chi connectivity index (χ3n) is 6.21. The second-order valence-electron chi connectivity index (χ2n) is 8.12. The van der Waals surface area contributed by atoms with Crippen LogP contribution in [0.25, 0.3) is 0 Å². The van der Waals surface area contributed by atoms with Crippen LogP contribution in [0.5, 0.6) is 0 Å². The van der Waals surface area contributed by atoms with Gasteiger partial charge in [0, 0.05) is 6.20 Å². The van der Waals surface area contributed by atoms with E-state index in [0.29, 0.717) is 18.1 Å². The van der Waals surface area contributed by atoms with Gasteiger partial charge in [-0.15, -0.1) is 16.4 Å². The van der Waals surface area contributed by atoms with E-state index in [0.717, 1.165) is 18.0 Å². The van der Waals surface area contributed by atoms with Gasteiger partial charge in [0.1, 0.15) is 18.2 Å². The lowest BCUT2D eigenvalue weighted by atomic mass is 9.86. The number of nitrogens with zero attached hydrogens (tertiary/aromatic N) is 3. The van der Waals surface area contributed by atoms with Crippen LogP contribution < -0.4 is 5.32 Å². The van der Waals surface area contributed by atoms with Crippen molar-refractivity contribution in [3.63, 3.8) is 0 Å². The zero-order chi connectivity index (χ0) is 18.9. The lowest BCUT2D eigenvalue weighted by Crippen LogP contribution is -2.43. The van der Waals surface area contributed by atoms with Crippen molar-refractivity contribution >= 4 is 17.2 Å². The van der Waals surface area contributed by atoms with E-state index in [4.69, 9.17) is 9.47 Å². The van der Waals surface area contributed by atoms with E-state index >= 15 is 0 Å². The smallest absolute Gasteiger partial charge is 0.261 e. The van der Waals surface area contributed by atoms with Crippen molar-refractivity contribution in [3.8, 4) is 0 Å².